The van der Waals surface area contributed by atoms with Crippen molar-refractivity contribution in [3.8, 4) is 0 Å². The van der Waals surface area contributed by atoms with Crippen molar-refractivity contribution in [2.24, 2.45) is 0 Å². The lowest BCUT2D eigenvalue weighted by atomic mass is 10.1. The molecule has 0 amide bonds. The van der Waals surface area contributed by atoms with E-state index in [0.717, 1.165) is 0 Å². The van der Waals surface area contributed by atoms with Gasteiger partial charge in [0.2, 0.25) is 5.56 Å². The van der Waals surface area contributed by atoms with Crippen LogP contribution in [0.2, 0.25) is 0 Å². The Bertz CT molecular complexity index is 362. The fourth-order valence-electron chi connectivity index (χ4n) is 1.10. The number of hydrogen-bond acceptors (Lipinski definition) is 1. The number of aromatic nitrogens is 1. The highest BCUT2D eigenvalue weighted by atomic mass is 35.5. The van der Waals surface area contributed by atoms with Crippen LogP contribution in [0.15, 0.2) is 10.9 Å². The van der Waals surface area contributed by atoms with Crippen molar-refractivity contribution in [1.29, 1.82) is 0 Å². The summed E-state index contributed by atoms with van der Waals surface area (Å²) >= 11 is 5.48. The number of halogens is 3. The lowest BCUT2D eigenvalue weighted by Crippen LogP contribution is -2.12. The van der Waals surface area contributed by atoms with Gasteiger partial charge in [0, 0.05) is 11.9 Å². The van der Waals surface area contributed by atoms with E-state index < -0.39 is 12.0 Å². The van der Waals surface area contributed by atoms with Crippen LogP contribution in [-0.4, -0.2) is 4.98 Å². The highest BCUT2D eigenvalue weighted by Crippen LogP contribution is 2.22. The van der Waals surface area contributed by atoms with Gasteiger partial charge in [0.25, 0.3) is 6.43 Å². The Morgan fingerprint density at radius 1 is 1.62 bits per heavy atom. The van der Waals surface area contributed by atoms with E-state index in [4.69, 9.17) is 11.6 Å². The van der Waals surface area contributed by atoms with Gasteiger partial charge in [0.05, 0.1) is 5.69 Å². The summed E-state index contributed by atoms with van der Waals surface area (Å²) in [6.07, 6.45) is -2.69. The van der Waals surface area contributed by atoms with Crippen molar-refractivity contribution in [2.75, 3.05) is 0 Å². The number of hydrogen-bond donors (Lipinski definition) is 1. The minimum atomic E-state index is -2.69. The molecule has 1 N–H and O–H groups in total. The predicted molar refractivity (Wildman–Crippen MR) is 46.3 cm³/mol. The molecule has 0 bridgehead atoms. The summed E-state index contributed by atoms with van der Waals surface area (Å²) in [5.74, 6) is -0.0255. The molecule has 2 nitrogen and oxygen atoms in total. The Kier molecular flexibility index (Phi) is 3.03. The van der Waals surface area contributed by atoms with E-state index >= 15 is 0 Å². The standard InChI is InChI=1S/C8H8ClF2NO/c1-4-2-6(13)12-7(8(10)11)5(4)3-9/h2,8H,3H2,1H3,(H,12,13). The van der Waals surface area contributed by atoms with E-state index in [1.54, 1.807) is 6.92 Å². The average molecular weight is 208 g/mol. The van der Waals surface area contributed by atoms with Gasteiger partial charge >= 0.3 is 0 Å². The number of nitrogens with one attached hydrogen (secondary N) is 1. The Morgan fingerprint density at radius 3 is 2.69 bits per heavy atom. The molecule has 72 valence electrons. The van der Waals surface area contributed by atoms with Gasteiger partial charge < -0.3 is 4.98 Å². The van der Waals surface area contributed by atoms with E-state index in [2.05, 4.69) is 4.98 Å². The van der Waals surface area contributed by atoms with Gasteiger partial charge in [-0.25, -0.2) is 8.78 Å². The number of aromatic amines is 1. The van der Waals surface area contributed by atoms with Crippen LogP contribution < -0.4 is 5.56 Å². The Morgan fingerprint density at radius 2 is 2.23 bits per heavy atom. The molecule has 0 aromatic carbocycles. The van der Waals surface area contributed by atoms with Gasteiger partial charge in [-0.1, -0.05) is 0 Å². The normalized spacial score (nSPS) is 10.8. The second-order valence-electron chi connectivity index (χ2n) is 2.64. The molecule has 0 atom stereocenters. The molecule has 0 spiro atoms. The molecule has 1 aromatic heterocycles. The smallest absolute Gasteiger partial charge is 0.278 e. The lowest BCUT2D eigenvalue weighted by molar-refractivity contribution is 0.144. The van der Waals surface area contributed by atoms with Crippen molar-refractivity contribution < 1.29 is 8.78 Å². The van der Waals surface area contributed by atoms with E-state index in [-0.39, 0.29) is 11.6 Å². The largest absolute Gasteiger partial charge is 0.321 e. The summed E-state index contributed by atoms with van der Waals surface area (Å²) < 4.78 is 24.7. The van der Waals surface area contributed by atoms with Crippen LogP contribution in [0.25, 0.3) is 0 Å². The third-order valence-electron chi connectivity index (χ3n) is 1.76. The first kappa shape index (κ1) is 10.2. The first-order valence-electron chi connectivity index (χ1n) is 3.63. The second kappa shape index (κ2) is 3.87. The van der Waals surface area contributed by atoms with Crippen LogP contribution in [-0.2, 0) is 5.88 Å². The molecule has 13 heavy (non-hydrogen) atoms. The van der Waals surface area contributed by atoms with E-state index in [0.29, 0.717) is 11.1 Å². The molecule has 0 fully saturated rings. The van der Waals surface area contributed by atoms with Crippen molar-refractivity contribution in [2.45, 2.75) is 19.2 Å². The highest BCUT2D eigenvalue weighted by molar-refractivity contribution is 6.17. The minimum Gasteiger partial charge on any atom is -0.321 e. The summed E-state index contributed by atoms with van der Waals surface area (Å²) in [5.41, 5.74) is -0.105. The minimum absolute atomic E-state index is 0.0255. The molecular weight excluding hydrogens is 200 g/mol. The molecular formula is C8H8ClF2NO. The SMILES string of the molecule is Cc1cc(=O)[nH]c(C(F)F)c1CCl. The zero-order chi connectivity index (χ0) is 10.0. The molecule has 0 aliphatic rings. The van der Waals surface area contributed by atoms with Crippen LogP contribution in [0.3, 0.4) is 0 Å². The van der Waals surface area contributed by atoms with Gasteiger partial charge in [-0.2, -0.15) is 0 Å². The van der Waals surface area contributed by atoms with Crippen LogP contribution in [0.4, 0.5) is 8.78 Å². The zero-order valence-corrected chi connectivity index (χ0v) is 7.66. The number of pyridine rings is 1. The van der Waals surface area contributed by atoms with Gasteiger partial charge in [-0.15, -0.1) is 11.6 Å². The number of alkyl halides is 3. The van der Waals surface area contributed by atoms with Crippen molar-refractivity contribution >= 4 is 11.6 Å². The van der Waals surface area contributed by atoms with Crippen molar-refractivity contribution in [3.05, 3.63) is 33.2 Å². The fourth-order valence-corrected chi connectivity index (χ4v) is 1.46. The quantitative estimate of drug-likeness (QED) is 0.742. The van der Waals surface area contributed by atoms with E-state index in [1.807, 2.05) is 0 Å². The molecule has 1 heterocycles. The van der Waals surface area contributed by atoms with E-state index in [1.165, 1.54) is 6.07 Å². The molecule has 0 aliphatic carbocycles. The molecule has 5 heteroatoms. The van der Waals surface area contributed by atoms with E-state index in [9.17, 15) is 13.6 Å². The van der Waals surface area contributed by atoms with Gasteiger partial charge in [0.1, 0.15) is 0 Å². The topological polar surface area (TPSA) is 32.9 Å². The third-order valence-corrected chi connectivity index (χ3v) is 2.03. The van der Waals surface area contributed by atoms with Crippen LogP contribution in [0.1, 0.15) is 23.2 Å². The first-order valence-corrected chi connectivity index (χ1v) is 4.16. The molecule has 1 aromatic rings. The summed E-state index contributed by atoms with van der Waals surface area (Å²) in [6.45, 7) is 1.58. The molecule has 0 unspecified atom stereocenters. The molecule has 0 aliphatic heterocycles. The van der Waals surface area contributed by atoms with Crippen LogP contribution >= 0.6 is 11.6 Å². The monoisotopic (exact) mass is 207 g/mol. The maximum atomic E-state index is 12.3. The third kappa shape index (κ3) is 2.06. The van der Waals surface area contributed by atoms with Crippen molar-refractivity contribution in [3.63, 3.8) is 0 Å². The number of H-pyrrole nitrogens is 1. The zero-order valence-electron chi connectivity index (χ0n) is 6.90. The first-order chi connectivity index (χ1) is 6.06. The summed E-state index contributed by atoms with van der Waals surface area (Å²) in [6, 6.07) is 1.25. The molecule has 0 saturated carbocycles. The van der Waals surface area contributed by atoms with Gasteiger partial charge in [0.15, 0.2) is 0 Å². The van der Waals surface area contributed by atoms with Crippen LogP contribution in [0, 0.1) is 6.92 Å². The lowest BCUT2D eigenvalue weighted by Gasteiger charge is -2.07. The Hall–Kier alpha value is -0.900. The maximum absolute atomic E-state index is 12.3. The Balaban J connectivity index is 3.38. The van der Waals surface area contributed by atoms with Crippen LogP contribution in [0.5, 0.6) is 0 Å². The second-order valence-corrected chi connectivity index (χ2v) is 2.91. The van der Waals surface area contributed by atoms with Crippen molar-refractivity contribution in [1.82, 2.24) is 4.98 Å². The summed E-state index contributed by atoms with van der Waals surface area (Å²) in [5, 5.41) is 0. The molecule has 1 rings (SSSR count). The summed E-state index contributed by atoms with van der Waals surface area (Å²) in [4.78, 5) is 12.9. The Labute approximate surface area is 78.5 Å². The molecule has 0 saturated heterocycles. The summed E-state index contributed by atoms with van der Waals surface area (Å²) in [7, 11) is 0. The molecule has 0 radical (unpaired) electrons. The maximum Gasteiger partial charge on any atom is 0.278 e. The average Bonchev–Trinajstić information content (AvgIpc) is 2.02. The fraction of sp³-hybridized carbons (Fsp3) is 0.375. The number of rotatable bonds is 2. The highest BCUT2D eigenvalue weighted by Gasteiger charge is 2.15. The van der Waals surface area contributed by atoms with Gasteiger partial charge in [-0.05, 0) is 18.1 Å². The predicted octanol–water partition coefficient (Wildman–Crippen LogP) is 2.36. The van der Waals surface area contributed by atoms with Gasteiger partial charge in [-0.3, -0.25) is 4.79 Å². The number of aryl methyl sites for hydroxylation is 1.